The summed E-state index contributed by atoms with van der Waals surface area (Å²) in [7, 11) is 0. The maximum absolute atomic E-state index is 5.08. The van der Waals surface area contributed by atoms with Gasteiger partial charge in [-0.2, -0.15) is 0 Å². The molecule has 22 heavy (non-hydrogen) atoms. The molecule has 0 aliphatic heterocycles. The highest BCUT2D eigenvalue weighted by molar-refractivity contribution is 5.88. The second-order valence-corrected chi connectivity index (χ2v) is 4.14. The molecule has 0 heterocycles. The van der Waals surface area contributed by atoms with Gasteiger partial charge >= 0.3 is 0 Å². The van der Waals surface area contributed by atoms with Crippen molar-refractivity contribution in [3.8, 4) is 0 Å². The quantitative estimate of drug-likeness (QED) is 0.282. The summed E-state index contributed by atoms with van der Waals surface area (Å²) in [4.78, 5) is 0. The third kappa shape index (κ3) is 3.79. The highest BCUT2D eigenvalue weighted by atomic mass is 15.5. The fourth-order valence-electron chi connectivity index (χ4n) is 1.90. The lowest BCUT2D eigenvalue weighted by atomic mass is 10.1. The Morgan fingerprint density at radius 1 is 0.636 bits per heavy atom. The summed E-state index contributed by atoms with van der Waals surface area (Å²) in [6, 6.07) is 19.1. The summed E-state index contributed by atoms with van der Waals surface area (Å²) in [6.07, 6.45) is 0. The van der Waals surface area contributed by atoms with Gasteiger partial charge in [0.1, 0.15) is 0 Å². The lowest BCUT2D eigenvalue weighted by Crippen LogP contribution is -2.14. The molecule has 2 aromatic rings. The molecule has 0 spiro atoms. The number of hydrogen-bond acceptors (Lipinski definition) is 4. The number of benzene rings is 2. The van der Waals surface area contributed by atoms with Crippen molar-refractivity contribution < 1.29 is 0 Å². The molecule has 0 atom stereocenters. The highest BCUT2D eigenvalue weighted by Gasteiger charge is 2.11. The normalized spacial score (nSPS) is 12.4. The number of nitrogens with one attached hydrogen (secondary N) is 2. The van der Waals surface area contributed by atoms with E-state index in [4.69, 9.17) is 11.7 Å². The van der Waals surface area contributed by atoms with Gasteiger partial charge in [0.2, 0.25) is 0 Å². The SMILES string of the molecule is NN=NNC(=C(NN=NN)c1ccccc1)c1ccccc1. The van der Waals surface area contributed by atoms with Crippen molar-refractivity contribution in [1.29, 1.82) is 0 Å². The second-order valence-electron chi connectivity index (χ2n) is 4.14. The number of hydrogen-bond donors (Lipinski definition) is 4. The Balaban J connectivity index is 2.58. The molecule has 0 aliphatic rings. The van der Waals surface area contributed by atoms with Gasteiger partial charge in [0.25, 0.3) is 0 Å². The molecular weight excluding hydrogens is 280 g/mol. The first-order valence-corrected chi connectivity index (χ1v) is 6.43. The summed E-state index contributed by atoms with van der Waals surface area (Å²) in [6.45, 7) is 0. The van der Waals surface area contributed by atoms with Crippen LogP contribution in [-0.4, -0.2) is 0 Å². The zero-order chi connectivity index (χ0) is 15.6. The standard InChI is InChI=1S/C14H16N8/c15-19-21-17-13(11-7-3-1-4-8-11)14(18-22-20-16)12-9-5-2-6-10-12/h1-10H,(H2,15,21)(H2,16,22)(H,17,19)(H,18,20). The molecule has 6 N–H and O–H groups in total. The maximum Gasteiger partial charge on any atom is 0.0908 e. The van der Waals surface area contributed by atoms with Gasteiger partial charge in [-0.3, -0.25) is 10.9 Å². The molecule has 0 aliphatic carbocycles. The average molecular weight is 296 g/mol. The largest absolute Gasteiger partial charge is 0.303 e. The minimum absolute atomic E-state index is 0.633. The molecule has 0 saturated heterocycles. The molecular formula is C14H16N8. The summed E-state index contributed by atoms with van der Waals surface area (Å²) in [5, 5.41) is 13.8. The van der Waals surface area contributed by atoms with E-state index >= 15 is 0 Å². The Bertz CT molecular complexity index is 604. The van der Waals surface area contributed by atoms with Crippen LogP contribution in [0.5, 0.6) is 0 Å². The van der Waals surface area contributed by atoms with E-state index in [0.717, 1.165) is 11.1 Å². The smallest absolute Gasteiger partial charge is 0.0908 e. The molecule has 8 heteroatoms. The van der Waals surface area contributed by atoms with Crippen LogP contribution < -0.4 is 22.5 Å². The molecule has 0 bridgehead atoms. The highest BCUT2D eigenvalue weighted by Crippen LogP contribution is 2.22. The van der Waals surface area contributed by atoms with Crippen LogP contribution in [0.15, 0.2) is 81.6 Å². The summed E-state index contributed by atoms with van der Waals surface area (Å²) in [5.41, 5.74) is 8.61. The minimum Gasteiger partial charge on any atom is -0.303 e. The van der Waals surface area contributed by atoms with Crippen LogP contribution in [0.2, 0.25) is 0 Å². The number of nitrogens with zero attached hydrogens (tertiary/aromatic N) is 4. The molecule has 0 amide bonds. The zero-order valence-electron chi connectivity index (χ0n) is 11.7. The second kappa shape index (κ2) is 8.00. The lowest BCUT2D eigenvalue weighted by molar-refractivity contribution is 0.812. The van der Waals surface area contributed by atoms with E-state index in [-0.39, 0.29) is 0 Å². The van der Waals surface area contributed by atoms with Gasteiger partial charge in [0, 0.05) is 11.1 Å². The molecule has 8 nitrogen and oxygen atoms in total. The van der Waals surface area contributed by atoms with Crippen LogP contribution in [0.1, 0.15) is 11.1 Å². The van der Waals surface area contributed by atoms with Crippen LogP contribution >= 0.6 is 0 Å². The maximum atomic E-state index is 5.08. The van der Waals surface area contributed by atoms with Gasteiger partial charge in [0.15, 0.2) is 0 Å². The predicted molar refractivity (Wildman–Crippen MR) is 84.1 cm³/mol. The number of nitrogens with two attached hydrogens (primary N) is 2. The first-order valence-electron chi connectivity index (χ1n) is 6.43. The van der Waals surface area contributed by atoms with Crippen molar-refractivity contribution in [2.75, 3.05) is 0 Å². The van der Waals surface area contributed by atoms with E-state index < -0.39 is 0 Å². The van der Waals surface area contributed by atoms with Crippen molar-refractivity contribution in [2.24, 2.45) is 32.6 Å². The van der Waals surface area contributed by atoms with Gasteiger partial charge in [-0.1, -0.05) is 81.6 Å². The van der Waals surface area contributed by atoms with Crippen molar-refractivity contribution >= 4 is 11.4 Å². The lowest BCUT2D eigenvalue weighted by Gasteiger charge is -2.14. The Morgan fingerprint density at radius 2 is 1.00 bits per heavy atom. The van der Waals surface area contributed by atoms with E-state index in [9.17, 15) is 0 Å². The fourth-order valence-corrected chi connectivity index (χ4v) is 1.90. The Morgan fingerprint density at radius 3 is 1.32 bits per heavy atom. The molecule has 2 rings (SSSR count). The van der Waals surface area contributed by atoms with Crippen molar-refractivity contribution in [3.63, 3.8) is 0 Å². The van der Waals surface area contributed by atoms with Gasteiger partial charge in [0.05, 0.1) is 11.4 Å². The Hall–Kier alpha value is -3.42. The van der Waals surface area contributed by atoms with Crippen LogP contribution in [0, 0.1) is 0 Å². The third-order valence-corrected chi connectivity index (χ3v) is 2.81. The summed E-state index contributed by atoms with van der Waals surface area (Å²) >= 11 is 0. The van der Waals surface area contributed by atoms with Gasteiger partial charge in [-0.25, -0.2) is 0 Å². The first-order chi connectivity index (χ1) is 10.9. The molecule has 0 radical (unpaired) electrons. The first kappa shape index (κ1) is 15.0. The minimum atomic E-state index is 0.633. The van der Waals surface area contributed by atoms with E-state index in [0.29, 0.717) is 11.4 Å². The molecule has 2 aromatic carbocycles. The van der Waals surface area contributed by atoms with Crippen LogP contribution in [-0.2, 0) is 0 Å². The van der Waals surface area contributed by atoms with Crippen molar-refractivity contribution in [2.45, 2.75) is 0 Å². The van der Waals surface area contributed by atoms with E-state index in [1.54, 1.807) is 0 Å². The Labute approximate surface area is 127 Å². The van der Waals surface area contributed by atoms with Crippen LogP contribution in [0.3, 0.4) is 0 Å². The molecule has 0 fully saturated rings. The molecule has 112 valence electrons. The van der Waals surface area contributed by atoms with Gasteiger partial charge in [-0.05, 0) is 0 Å². The predicted octanol–water partition coefficient (Wildman–Crippen LogP) is 2.17. The monoisotopic (exact) mass is 296 g/mol. The van der Waals surface area contributed by atoms with E-state index in [1.165, 1.54) is 0 Å². The average Bonchev–Trinajstić information content (AvgIpc) is 2.59. The molecule has 0 unspecified atom stereocenters. The summed E-state index contributed by atoms with van der Waals surface area (Å²) in [5.74, 6) is 10.2. The number of rotatable bonds is 6. The topological polar surface area (TPSA) is 126 Å². The fraction of sp³-hybridized carbons (Fsp3) is 0. The van der Waals surface area contributed by atoms with E-state index in [1.807, 2.05) is 60.7 Å². The van der Waals surface area contributed by atoms with E-state index in [2.05, 4.69) is 31.7 Å². The van der Waals surface area contributed by atoms with Crippen molar-refractivity contribution in [1.82, 2.24) is 10.9 Å². The molecule has 0 saturated carbocycles. The third-order valence-electron chi connectivity index (χ3n) is 2.81. The zero-order valence-corrected chi connectivity index (χ0v) is 11.7. The van der Waals surface area contributed by atoms with Gasteiger partial charge < -0.3 is 11.7 Å². The Kier molecular flexibility index (Phi) is 5.45. The van der Waals surface area contributed by atoms with Gasteiger partial charge in [-0.15, -0.1) is 0 Å². The van der Waals surface area contributed by atoms with Crippen LogP contribution in [0.25, 0.3) is 11.4 Å². The summed E-state index contributed by atoms with van der Waals surface area (Å²) < 4.78 is 0. The van der Waals surface area contributed by atoms with Crippen LogP contribution in [0.4, 0.5) is 0 Å². The molecule has 0 aromatic heterocycles. The van der Waals surface area contributed by atoms with Crippen molar-refractivity contribution in [3.05, 3.63) is 71.8 Å².